The van der Waals surface area contributed by atoms with Crippen LogP contribution < -0.4 is 10.1 Å². The van der Waals surface area contributed by atoms with Crippen LogP contribution in [0.15, 0.2) is 30.5 Å². The number of nitrogens with one attached hydrogen (secondary N) is 1. The summed E-state index contributed by atoms with van der Waals surface area (Å²) in [5.41, 5.74) is 1.74. The molecule has 0 saturated heterocycles. The summed E-state index contributed by atoms with van der Waals surface area (Å²) in [4.78, 5) is 20.6. The first-order valence-electron chi connectivity index (χ1n) is 7.60. The molecule has 0 spiro atoms. The van der Waals surface area contributed by atoms with Gasteiger partial charge in [-0.1, -0.05) is 12.1 Å². The molecule has 1 saturated carbocycles. The lowest BCUT2D eigenvalue weighted by Crippen LogP contribution is -2.17. The van der Waals surface area contributed by atoms with E-state index in [1.54, 1.807) is 25.3 Å². The third kappa shape index (κ3) is 3.67. The van der Waals surface area contributed by atoms with Crippen molar-refractivity contribution in [1.29, 1.82) is 0 Å². The van der Waals surface area contributed by atoms with Gasteiger partial charge in [0.25, 0.3) is 0 Å². The van der Waals surface area contributed by atoms with Gasteiger partial charge >= 0.3 is 6.61 Å². The minimum Gasteiger partial charge on any atom is -0.435 e. The standard InChI is InChI=1S/C17H17F2N3O2/c1-9-8-20-10(2)21-15(9)22-16(23)14-7-13(14)11-3-5-12(6-4-11)24-17(18)19/h3-6,8,13-14,17H,7H2,1-2H3,(H,20,21,22,23)/t13-,14+/m1/s1. The van der Waals surface area contributed by atoms with E-state index in [4.69, 9.17) is 0 Å². The van der Waals surface area contributed by atoms with Gasteiger partial charge in [-0.2, -0.15) is 8.78 Å². The Labute approximate surface area is 138 Å². The van der Waals surface area contributed by atoms with Gasteiger partial charge in [0.2, 0.25) is 5.91 Å². The molecular weight excluding hydrogens is 316 g/mol. The Morgan fingerprint density at radius 3 is 2.67 bits per heavy atom. The van der Waals surface area contributed by atoms with Crippen LogP contribution in [-0.2, 0) is 4.79 Å². The number of benzene rings is 1. The van der Waals surface area contributed by atoms with Crippen molar-refractivity contribution in [2.24, 2.45) is 5.92 Å². The third-order valence-corrected chi connectivity index (χ3v) is 3.99. The van der Waals surface area contributed by atoms with Gasteiger partial charge in [-0.15, -0.1) is 0 Å². The van der Waals surface area contributed by atoms with E-state index in [-0.39, 0.29) is 23.5 Å². The first-order chi connectivity index (χ1) is 11.4. The molecule has 0 radical (unpaired) electrons. The molecule has 0 bridgehead atoms. The van der Waals surface area contributed by atoms with Crippen molar-refractivity contribution < 1.29 is 18.3 Å². The fourth-order valence-electron chi connectivity index (χ4n) is 2.62. The van der Waals surface area contributed by atoms with Crippen molar-refractivity contribution >= 4 is 11.7 Å². The van der Waals surface area contributed by atoms with Crippen LogP contribution in [0.3, 0.4) is 0 Å². The van der Waals surface area contributed by atoms with Crippen molar-refractivity contribution in [3.05, 3.63) is 47.4 Å². The Morgan fingerprint density at radius 2 is 2.00 bits per heavy atom. The molecule has 126 valence electrons. The molecule has 1 aromatic heterocycles. The summed E-state index contributed by atoms with van der Waals surface area (Å²) in [5.74, 6) is 1.10. The summed E-state index contributed by atoms with van der Waals surface area (Å²) in [5, 5.41) is 2.84. The number of anilines is 1. The number of alkyl halides is 2. The number of nitrogens with zero attached hydrogens (tertiary/aromatic N) is 2. The van der Waals surface area contributed by atoms with Crippen LogP contribution >= 0.6 is 0 Å². The second-order valence-corrected chi connectivity index (χ2v) is 5.83. The summed E-state index contributed by atoms with van der Waals surface area (Å²) < 4.78 is 28.6. The van der Waals surface area contributed by atoms with Crippen LogP contribution in [0.2, 0.25) is 0 Å². The molecule has 24 heavy (non-hydrogen) atoms. The largest absolute Gasteiger partial charge is 0.435 e. The Kier molecular flexibility index (Phi) is 4.42. The zero-order valence-corrected chi connectivity index (χ0v) is 13.3. The fraction of sp³-hybridized carbons (Fsp3) is 0.353. The van der Waals surface area contributed by atoms with E-state index < -0.39 is 6.61 Å². The number of carbonyl (C=O) groups is 1. The number of amides is 1. The average molecular weight is 333 g/mol. The third-order valence-electron chi connectivity index (χ3n) is 3.99. The molecule has 1 amide bonds. The van der Waals surface area contributed by atoms with Gasteiger partial charge in [-0.25, -0.2) is 9.97 Å². The monoisotopic (exact) mass is 333 g/mol. The van der Waals surface area contributed by atoms with E-state index in [1.807, 2.05) is 6.92 Å². The fourth-order valence-corrected chi connectivity index (χ4v) is 2.62. The molecule has 2 atom stereocenters. The summed E-state index contributed by atoms with van der Waals surface area (Å²) in [6, 6.07) is 6.42. The van der Waals surface area contributed by atoms with Crippen LogP contribution in [0.1, 0.15) is 29.3 Å². The van der Waals surface area contributed by atoms with Gasteiger partial charge in [0.1, 0.15) is 17.4 Å². The van der Waals surface area contributed by atoms with Gasteiger partial charge in [0.15, 0.2) is 0 Å². The van der Waals surface area contributed by atoms with E-state index >= 15 is 0 Å². The number of aromatic nitrogens is 2. The predicted octanol–water partition coefficient (Wildman–Crippen LogP) is 3.44. The molecule has 1 aromatic carbocycles. The predicted molar refractivity (Wildman–Crippen MR) is 84.1 cm³/mol. The molecule has 1 fully saturated rings. The van der Waals surface area contributed by atoms with Gasteiger partial charge in [0, 0.05) is 17.7 Å². The zero-order chi connectivity index (χ0) is 17.3. The summed E-state index contributed by atoms with van der Waals surface area (Å²) in [7, 11) is 0. The van der Waals surface area contributed by atoms with E-state index in [0.717, 1.165) is 17.5 Å². The maximum absolute atomic E-state index is 12.3. The smallest absolute Gasteiger partial charge is 0.387 e. The van der Waals surface area contributed by atoms with Crippen LogP contribution in [0.25, 0.3) is 0 Å². The highest BCUT2D eigenvalue weighted by molar-refractivity contribution is 5.95. The lowest BCUT2D eigenvalue weighted by atomic mass is 10.1. The maximum Gasteiger partial charge on any atom is 0.387 e. The molecule has 0 unspecified atom stereocenters. The molecule has 0 aliphatic heterocycles. The Bertz CT molecular complexity index is 750. The van der Waals surface area contributed by atoms with Crippen molar-refractivity contribution in [3.8, 4) is 5.75 Å². The number of carbonyl (C=O) groups excluding carboxylic acids is 1. The minimum absolute atomic E-state index is 0.0888. The lowest BCUT2D eigenvalue weighted by Gasteiger charge is -2.08. The number of hydrogen-bond acceptors (Lipinski definition) is 4. The highest BCUT2D eigenvalue weighted by atomic mass is 19.3. The molecule has 7 heteroatoms. The highest BCUT2D eigenvalue weighted by Gasteiger charge is 2.44. The molecule has 5 nitrogen and oxygen atoms in total. The van der Waals surface area contributed by atoms with E-state index in [1.165, 1.54) is 12.1 Å². The zero-order valence-electron chi connectivity index (χ0n) is 13.3. The first kappa shape index (κ1) is 16.3. The molecule has 3 rings (SSSR count). The van der Waals surface area contributed by atoms with Crippen molar-refractivity contribution in [2.45, 2.75) is 32.8 Å². The van der Waals surface area contributed by atoms with Gasteiger partial charge < -0.3 is 10.1 Å². The number of halogens is 2. The molecule has 1 heterocycles. The highest BCUT2D eigenvalue weighted by Crippen LogP contribution is 2.48. The summed E-state index contributed by atoms with van der Waals surface area (Å²) in [6.45, 7) is 0.758. The van der Waals surface area contributed by atoms with Gasteiger partial charge in [0.05, 0.1) is 0 Å². The number of aryl methyl sites for hydroxylation is 2. The molecule has 1 N–H and O–H groups in total. The topological polar surface area (TPSA) is 64.1 Å². The quantitative estimate of drug-likeness (QED) is 0.910. The number of hydrogen-bond donors (Lipinski definition) is 1. The minimum atomic E-state index is -2.84. The lowest BCUT2D eigenvalue weighted by molar-refractivity contribution is -0.117. The summed E-state index contributed by atoms with van der Waals surface area (Å²) in [6.07, 6.45) is 2.40. The maximum atomic E-state index is 12.3. The Hall–Kier alpha value is -2.57. The Morgan fingerprint density at radius 1 is 1.29 bits per heavy atom. The number of ether oxygens (including phenoxy) is 1. The van der Waals surface area contributed by atoms with E-state index in [9.17, 15) is 13.6 Å². The van der Waals surface area contributed by atoms with Gasteiger partial charge in [-0.3, -0.25) is 4.79 Å². The summed E-state index contributed by atoms with van der Waals surface area (Å²) >= 11 is 0. The second-order valence-electron chi connectivity index (χ2n) is 5.83. The van der Waals surface area contributed by atoms with E-state index in [2.05, 4.69) is 20.0 Å². The second kappa shape index (κ2) is 6.51. The first-order valence-corrected chi connectivity index (χ1v) is 7.60. The molecule has 1 aliphatic rings. The van der Waals surface area contributed by atoms with Crippen LogP contribution in [-0.4, -0.2) is 22.5 Å². The van der Waals surface area contributed by atoms with Crippen molar-refractivity contribution in [3.63, 3.8) is 0 Å². The molecule has 2 aromatic rings. The van der Waals surface area contributed by atoms with Crippen LogP contribution in [0.4, 0.5) is 14.6 Å². The SMILES string of the molecule is Cc1ncc(C)c(NC(=O)[C@H]2C[C@@H]2c2ccc(OC(F)F)cc2)n1. The van der Waals surface area contributed by atoms with Crippen molar-refractivity contribution in [2.75, 3.05) is 5.32 Å². The molecule has 1 aliphatic carbocycles. The number of rotatable bonds is 5. The van der Waals surface area contributed by atoms with Gasteiger partial charge in [-0.05, 0) is 43.9 Å². The van der Waals surface area contributed by atoms with Crippen LogP contribution in [0.5, 0.6) is 5.75 Å². The normalized spacial score (nSPS) is 19.2. The van der Waals surface area contributed by atoms with Crippen LogP contribution in [0, 0.1) is 19.8 Å². The Balaban J connectivity index is 1.62. The molecular formula is C17H17F2N3O2. The van der Waals surface area contributed by atoms with E-state index in [0.29, 0.717) is 11.6 Å². The van der Waals surface area contributed by atoms with Crippen molar-refractivity contribution in [1.82, 2.24) is 9.97 Å². The average Bonchev–Trinajstić information content (AvgIpc) is 3.32.